The van der Waals surface area contributed by atoms with Crippen molar-refractivity contribution in [3.05, 3.63) is 59.7 Å². The highest BCUT2D eigenvalue weighted by Crippen LogP contribution is 2.21. The van der Waals surface area contributed by atoms with Crippen molar-refractivity contribution in [1.82, 2.24) is 10.9 Å². The second-order valence-corrected chi connectivity index (χ2v) is 7.37. The Kier molecular flexibility index (Phi) is 8.52. The van der Waals surface area contributed by atoms with E-state index in [1.165, 1.54) is 5.56 Å². The van der Waals surface area contributed by atoms with Crippen molar-refractivity contribution in [3.8, 4) is 11.5 Å². The van der Waals surface area contributed by atoms with Gasteiger partial charge in [0.15, 0.2) is 6.61 Å². The molecule has 2 rings (SSSR count). The highest BCUT2D eigenvalue weighted by Gasteiger charge is 2.13. The molecule has 0 heterocycles. The van der Waals surface area contributed by atoms with E-state index in [4.69, 9.17) is 9.47 Å². The van der Waals surface area contributed by atoms with Gasteiger partial charge in [0.25, 0.3) is 11.8 Å². The Morgan fingerprint density at radius 1 is 0.931 bits per heavy atom. The van der Waals surface area contributed by atoms with Crippen LogP contribution in [0.3, 0.4) is 0 Å². The van der Waals surface area contributed by atoms with Crippen LogP contribution in [0, 0.1) is 5.92 Å². The van der Waals surface area contributed by atoms with Crippen molar-refractivity contribution in [2.75, 3.05) is 13.2 Å². The Balaban J connectivity index is 1.82. The van der Waals surface area contributed by atoms with Crippen molar-refractivity contribution in [2.45, 2.75) is 40.0 Å². The summed E-state index contributed by atoms with van der Waals surface area (Å²) < 4.78 is 11.1. The molecule has 0 aromatic heterocycles. The minimum atomic E-state index is -0.454. The lowest BCUT2D eigenvalue weighted by Crippen LogP contribution is -2.43. The summed E-state index contributed by atoms with van der Waals surface area (Å²) in [7, 11) is 0. The summed E-state index contributed by atoms with van der Waals surface area (Å²) in [6, 6.07) is 14.6. The first-order valence-electron chi connectivity index (χ1n) is 9.94. The molecule has 2 amide bonds. The van der Waals surface area contributed by atoms with E-state index >= 15 is 0 Å². The fourth-order valence-corrected chi connectivity index (χ4v) is 2.54. The smallest absolute Gasteiger partial charge is 0.276 e. The van der Waals surface area contributed by atoms with Crippen LogP contribution in [-0.2, 0) is 4.79 Å². The molecule has 0 aliphatic rings. The molecule has 1 unspecified atom stereocenters. The third kappa shape index (κ3) is 7.14. The van der Waals surface area contributed by atoms with Gasteiger partial charge in [-0.15, -0.1) is 0 Å². The molecule has 0 fully saturated rings. The number of nitrogens with one attached hydrogen (secondary N) is 2. The molecule has 156 valence electrons. The second-order valence-electron chi connectivity index (χ2n) is 7.37. The molecule has 0 saturated heterocycles. The Hall–Kier alpha value is -3.02. The topological polar surface area (TPSA) is 76.7 Å². The predicted molar refractivity (Wildman–Crippen MR) is 113 cm³/mol. The van der Waals surface area contributed by atoms with Crippen LogP contribution in [0.15, 0.2) is 48.5 Å². The zero-order valence-corrected chi connectivity index (χ0v) is 17.5. The number of ether oxygens (including phenoxy) is 2. The van der Waals surface area contributed by atoms with Crippen LogP contribution in [0.2, 0.25) is 0 Å². The fraction of sp³-hybridized carbons (Fsp3) is 0.391. The molecule has 29 heavy (non-hydrogen) atoms. The van der Waals surface area contributed by atoms with Gasteiger partial charge in [-0.1, -0.05) is 52.0 Å². The van der Waals surface area contributed by atoms with E-state index in [1.807, 2.05) is 38.1 Å². The molecule has 6 heteroatoms. The van der Waals surface area contributed by atoms with Crippen LogP contribution in [0.5, 0.6) is 11.5 Å². The number of amides is 2. The number of hydrogen-bond donors (Lipinski definition) is 2. The number of carbonyl (C=O) groups is 2. The van der Waals surface area contributed by atoms with Crippen LogP contribution < -0.4 is 20.3 Å². The van der Waals surface area contributed by atoms with Crippen LogP contribution >= 0.6 is 0 Å². The normalized spacial score (nSPS) is 11.6. The van der Waals surface area contributed by atoms with Gasteiger partial charge in [-0.3, -0.25) is 20.4 Å². The lowest BCUT2D eigenvalue weighted by Gasteiger charge is -2.14. The zero-order valence-electron chi connectivity index (χ0n) is 17.5. The van der Waals surface area contributed by atoms with Gasteiger partial charge in [-0.25, -0.2) is 0 Å². The SMILES string of the molecule is CCC(C)c1ccc(OCC(=O)NNC(=O)c2ccccc2OCC(C)C)cc1. The van der Waals surface area contributed by atoms with Crippen molar-refractivity contribution < 1.29 is 19.1 Å². The monoisotopic (exact) mass is 398 g/mol. The Labute approximate surface area is 172 Å². The second kappa shape index (κ2) is 11.1. The Bertz CT molecular complexity index is 803. The number of hydrazine groups is 1. The van der Waals surface area contributed by atoms with Crippen LogP contribution in [0.4, 0.5) is 0 Å². The summed E-state index contributed by atoms with van der Waals surface area (Å²) in [5.41, 5.74) is 6.35. The van der Waals surface area contributed by atoms with Gasteiger partial charge in [0.1, 0.15) is 11.5 Å². The molecule has 6 nitrogen and oxygen atoms in total. The minimum Gasteiger partial charge on any atom is -0.492 e. The number of rotatable bonds is 9. The molecule has 0 spiro atoms. The van der Waals surface area contributed by atoms with Gasteiger partial charge in [-0.2, -0.15) is 0 Å². The van der Waals surface area contributed by atoms with Crippen molar-refractivity contribution in [1.29, 1.82) is 0 Å². The molecular weight excluding hydrogens is 368 g/mol. The van der Waals surface area contributed by atoms with E-state index in [0.29, 0.717) is 35.5 Å². The van der Waals surface area contributed by atoms with Gasteiger partial charge in [-0.05, 0) is 48.1 Å². The minimum absolute atomic E-state index is 0.200. The lowest BCUT2D eigenvalue weighted by atomic mass is 9.99. The number of hydrogen-bond acceptors (Lipinski definition) is 4. The van der Waals surface area contributed by atoms with Gasteiger partial charge >= 0.3 is 0 Å². The van der Waals surface area contributed by atoms with Gasteiger partial charge in [0.2, 0.25) is 0 Å². The maximum absolute atomic E-state index is 12.4. The van der Waals surface area contributed by atoms with E-state index in [-0.39, 0.29) is 6.61 Å². The molecule has 0 saturated carbocycles. The van der Waals surface area contributed by atoms with E-state index in [2.05, 4.69) is 24.7 Å². The molecule has 0 aliphatic carbocycles. The third-order valence-electron chi connectivity index (χ3n) is 4.45. The Morgan fingerprint density at radius 2 is 1.62 bits per heavy atom. The van der Waals surface area contributed by atoms with E-state index < -0.39 is 11.8 Å². The molecular formula is C23H30N2O4. The van der Waals surface area contributed by atoms with Gasteiger partial charge < -0.3 is 9.47 Å². The van der Waals surface area contributed by atoms with Crippen LogP contribution in [-0.4, -0.2) is 25.0 Å². The average Bonchev–Trinajstić information content (AvgIpc) is 2.74. The standard InChI is InChI=1S/C23H30N2O4/c1-5-17(4)18-10-12-19(13-11-18)28-15-22(26)24-25-23(27)20-8-6-7-9-21(20)29-14-16(2)3/h6-13,16-17H,5,14-15H2,1-4H3,(H,24,26)(H,25,27). The number of para-hydroxylation sites is 1. The summed E-state index contributed by atoms with van der Waals surface area (Å²) in [5, 5.41) is 0. The maximum Gasteiger partial charge on any atom is 0.276 e. The van der Waals surface area contributed by atoms with Crippen LogP contribution in [0.25, 0.3) is 0 Å². The largest absolute Gasteiger partial charge is 0.492 e. The highest BCUT2D eigenvalue weighted by molar-refractivity contribution is 5.97. The summed E-state index contributed by atoms with van der Waals surface area (Å²) >= 11 is 0. The third-order valence-corrected chi connectivity index (χ3v) is 4.45. The number of carbonyl (C=O) groups excluding carboxylic acids is 2. The van der Waals surface area contributed by atoms with Crippen molar-refractivity contribution >= 4 is 11.8 Å². The fourth-order valence-electron chi connectivity index (χ4n) is 2.54. The maximum atomic E-state index is 12.4. The zero-order chi connectivity index (χ0) is 21.2. The summed E-state index contributed by atoms with van der Waals surface area (Å²) in [5.74, 6) is 0.995. The van der Waals surface area contributed by atoms with Crippen molar-refractivity contribution in [2.24, 2.45) is 5.92 Å². The quantitative estimate of drug-likeness (QED) is 0.624. The summed E-state index contributed by atoms with van der Waals surface area (Å²) in [4.78, 5) is 24.4. The van der Waals surface area contributed by atoms with Gasteiger partial charge in [0, 0.05) is 0 Å². The first kappa shape index (κ1) is 22.3. The number of benzene rings is 2. The average molecular weight is 399 g/mol. The molecule has 0 radical (unpaired) electrons. The van der Waals surface area contributed by atoms with E-state index in [1.54, 1.807) is 24.3 Å². The van der Waals surface area contributed by atoms with E-state index in [0.717, 1.165) is 6.42 Å². The first-order valence-corrected chi connectivity index (χ1v) is 9.94. The molecule has 0 bridgehead atoms. The summed E-state index contributed by atoms with van der Waals surface area (Å²) in [6.45, 7) is 8.66. The molecule has 2 N–H and O–H groups in total. The Morgan fingerprint density at radius 3 is 2.28 bits per heavy atom. The first-order chi connectivity index (χ1) is 13.9. The molecule has 0 aliphatic heterocycles. The lowest BCUT2D eigenvalue weighted by molar-refractivity contribution is -0.123. The van der Waals surface area contributed by atoms with E-state index in [9.17, 15) is 9.59 Å². The predicted octanol–water partition coefficient (Wildman–Crippen LogP) is 4.07. The molecule has 1 atom stereocenters. The molecule has 2 aromatic carbocycles. The molecule has 2 aromatic rings. The van der Waals surface area contributed by atoms with Crippen molar-refractivity contribution in [3.63, 3.8) is 0 Å². The summed E-state index contributed by atoms with van der Waals surface area (Å²) in [6.07, 6.45) is 1.06. The van der Waals surface area contributed by atoms with Crippen LogP contribution in [0.1, 0.15) is 56.0 Å². The highest BCUT2D eigenvalue weighted by atomic mass is 16.5. The van der Waals surface area contributed by atoms with Gasteiger partial charge in [0.05, 0.1) is 12.2 Å².